The monoisotopic (exact) mass is 322 g/mol. The van der Waals surface area contributed by atoms with Crippen molar-refractivity contribution in [2.24, 2.45) is 0 Å². The summed E-state index contributed by atoms with van der Waals surface area (Å²) in [5.41, 5.74) is 0.234. The molecule has 1 unspecified atom stereocenters. The highest BCUT2D eigenvalue weighted by Crippen LogP contribution is 2.21. The Morgan fingerprint density at radius 1 is 1.04 bits per heavy atom. The molecule has 23 heavy (non-hydrogen) atoms. The third-order valence-electron chi connectivity index (χ3n) is 3.01. The van der Waals surface area contributed by atoms with E-state index >= 15 is 0 Å². The first-order valence-corrected chi connectivity index (χ1v) is 6.95. The molecule has 1 atom stereocenters. The molecule has 0 bridgehead atoms. The second-order valence-electron chi connectivity index (χ2n) is 4.93. The van der Waals surface area contributed by atoms with E-state index in [-0.39, 0.29) is 36.1 Å². The van der Waals surface area contributed by atoms with Crippen molar-refractivity contribution in [3.8, 4) is 11.5 Å². The van der Waals surface area contributed by atoms with Gasteiger partial charge in [-0.3, -0.25) is 4.79 Å². The quantitative estimate of drug-likeness (QED) is 0.796. The lowest BCUT2D eigenvalue weighted by Gasteiger charge is -2.15. The number of hydrogen-bond acceptors (Lipinski definition) is 4. The summed E-state index contributed by atoms with van der Waals surface area (Å²) in [4.78, 5) is 11.4. The first-order chi connectivity index (χ1) is 11.0. The number of ketones is 1. The third kappa shape index (κ3) is 5.03. The predicted molar refractivity (Wildman–Crippen MR) is 79.8 cm³/mol. The van der Waals surface area contributed by atoms with Gasteiger partial charge in [-0.25, -0.2) is 8.78 Å². The number of hydrogen-bond donors (Lipinski definition) is 1. The van der Waals surface area contributed by atoms with Gasteiger partial charge in [0, 0.05) is 6.07 Å². The van der Waals surface area contributed by atoms with Gasteiger partial charge in [-0.1, -0.05) is 0 Å². The summed E-state index contributed by atoms with van der Waals surface area (Å²) in [5.74, 6) is -0.720. The number of benzene rings is 2. The van der Waals surface area contributed by atoms with Gasteiger partial charge in [-0.15, -0.1) is 0 Å². The first kappa shape index (κ1) is 16.9. The van der Waals surface area contributed by atoms with E-state index in [1.807, 2.05) is 0 Å². The topological polar surface area (TPSA) is 55.8 Å². The Bertz CT molecular complexity index is 671. The van der Waals surface area contributed by atoms with Crippen molar-refractivity contribution in [2.45, 2.75) is 13.0 Å². The fourth-order valence-electron chi connectivity index (χ4n) is 1.86. The molecule has 0 radical (unpaired) electrons. The largest absolute Gasteiger partial charge is 0.491 e. The molecule has 6 heteroatoms. The Kier molecular flexibility index (Phi) is 5.65. The fraction of sp³-hybridized carbons (Fsp3) is 0.235. The Hall–Kier alpha value is -2.47. The van der Waals surface area contributed by atoms with Gasteiger partial charge in [-0.2, -0.15) is 0 Å². The van der Waals surface area contributed by atoms with E-state index in [0.717, 1.165) is 12.1 Å². The van der Waals surface area contributed by atoms with Crippen LogP contribution in [0.25, 0.3) is 0 Å². The lowest BCUT2D eigenvalue weighted by atomic mass is 10.1. The zero-order chi connectivity index (χ0) is 16.8. The van der Waals surface area contributed by atoms with E-state index in [0.29, 0.717) is 5.75 Å². The highest BCUT2D eigenvalue weighted by atomic mass is 19.1. The summed E-state index contributed by atoms with van der Waals surface area (Å²) in [5, 5.41) is 9.82. The molecule has 0 saturated carbocycles. The van der Waals surface area contributed by atoms with Gasteiger partial charge in [0.05, 0.1) is 5.56 Å². The van der Waals surface area contributed by atoms with Gasteiger partial charge in [0.15, 0.2) is 5.78 Å². The Morgan fingerprint density at radius 3 is 2.30 bits per heavy atom. The molecule has 0 spiro atoms. The normalized spacial score (nSPS) is 11.8. The molecule has 4 nitrogen and oxygen atoms in total. The van der Waals surface area contributed by atoms with Crippen molar-refractivity contribution >= 4 is 5.78 Å². The van der Waals surface area contributed by atoms with Crippen molar-refractivity contribution in [1.82, 2.24) is 0 Å². The number of ether oxygens (including phenoxy) is 2. The SMILES string of the molecule is CC(=O)c1ccc(F)cc1OCC(O)COc1ccc(F)cc1. The molecule has 2 rings (SSSR count). The number of rotatable bonds is 7. The molecule has 0 aromatic heterocycles. The van der Waals surface area contributed by atoms with Crippen LogP contribution in [-0.2, 0) is 0 Å². The maximum absolute atomic E-state index is 13.2. The molecule has 2 aromatic rings. The number of carbonyl (C=O) groups is 1. The van der Waals surface area contributed by atoms with Crippen LogP contribution in [0, 0.1) is 11.6 Å². The van der Waals surface area contributed by atoms with E-state index in [1.54, 1.807) is 0 Å². The lowest BCUT2D eigenvalue weighted by Crippen LogP contribution is -2.25. The zero-order valence-corrected chi connectivity index (χ0v) is 12.5. The van der Waals surface area contributed by atoms with Gasteiger partial charge in [0.2, 0.25) is 0 Å². The molecule has 2 aromatic carbocycles. The minimum Gasteiger partial charge on any atom is -0.491 e. The van der Waals surface area contributed by atoms with Crippen LogP contribution in [0.4, 0.5) is 8.78 Å². The molecular formula is C17H16F2O4. The Morgan fingerprint density at radius 2 is 1.65 bits per heavy atom. The van der Waals surface area contributed by atoms with E-state index in [4.69, 9.17) is 9.47 Å². The van der Waals surface area contributed by atoms with Crippen LogP contribution in [-0.4, -0.2) is 30.2 Å². The van der Waals surface area contributed by atoms with E-state index in [2.05, 4.69) is 0 Å². The highest BCUT2D eigenvalue weighted by Gasteiger charge is 2.13. The van der Waals surface area contributed by atoms with Gasteiger partial charge < -0.3 is 14.6 Å². The molecule has 0 fully saturated rings. The van der Waals surface area contributed by atoms with Crippen LogP contribution >= 0.6 is 0 Å². The first-order valence-electron chi connectivity index (χ1n) is 6.95. The number of halogens is 2. The summed E-state index contributed by atoms with van der Waals surface area (Å²) < 4.78 is 36.5. The van der Waals surface area contributed by atoms with Crippen molar-refractivity contribution in [1.29, 1.82) is 0 Å². The van der Waals surface area contributed by atoms with Crippen LogP contribution < -0.4 is 9.47 Å². The lowest BCUT2D eigenvalue weighted by molar-refractivity contribution is 0.0619. The summed E-state index contributed by atoms with van der Waals surface area (Å²) in [7, 11) is 0. The van der Waals surface area contributed by atoms with Gasteiger partial charge >= 0.3 is 0 Å². The Labute approximate surface area is 132 Å². The predicted octanol–water partition coefficient (Wildman–Crippen LogP) is 2.99. The molecule has 1 N–H and O–H groups in total. The van der Waals surface area contributed by atoms with Crippen LogP contribution in [0.1, 0.15) is 17.3 Å². The van der Waals surface area contributed by atoms with E-state index in [9.17, 15) is 18.7 Å². The third-order valence-corrected chi connectivity index (χ3v) is 3.01. The van der Waals surface area contributed by atoms with Crippen molar-refractivity contribution in [3.63, 3.8) is 0 Å². The molecule has 0 aliphatic heterocycles. The molecule has 0 aliphatic rings. The van der Waals surface area contributed by atoms with Crippen molar-refractivity contribution < 1.29 is 28.2 Å². The van der Waals surface area contributed by atoms with Gasteiger partial charge in [0.25, 0.3) is 0 Å². The summed E-state index contributed by atoms with van der Waals surface area (Å²) in [6, 6.07) is 8.93. The molecule has 0 heterocycles. The van der Waals surface area contributed by atoms with Crippen LogP contribution in [0.2, 0.25) is 0 Å². The second-order valence-corrected chi connectivity index (χ2v) is 4.93. The van der Waals surface area contributed by atoms with Gasteiger partial charge in [-0.05, 0) is 43.3 Å². The van der Waals surface area contributed by atoms with Crippen molar-refractivity contribution in [2.75, 3.05) is 13.2 Å². The molecular weight excluding hydrogens is 306 g/mol. The van der Waals surface area contributed by atoms with Gasteiger partial charge in [0.1, 0.15) is 42.5 Å². The standard InChI is InChI=1S/C17H16F2O4/c1-11(20)16-7-4-13(19)8-17(16)23-10-14(21)9-22-15-5-2-12(18)3-6-15/h2-8,14,21H,9-10H2,1H3. The zero-order valence-electron chi connectivity index (χ0n) is 12.5. The van der Waals surface area contributed by atoms with Crippen LogP contribution in [0.15, 0.2) is 42.5 Å². The molecule has 0 aliphatic carbocycles. The number of carbonyl (C=O) groups excluding carboxylic acids is 1. The number of aliphatic hydroxyl groups is 1. The summed E-state index contributed by atoms with van der Waals surface area (Å²) >= 11 is 0. The maximum Gasteiger partial charge on any atom is 0.163 e. The smallest absolute Gasteiger partial charge is 0.163 e. The van der Waals surface area contributed by atoms with E-state index < -0.39 is 11.9 Å². The van der Waals surface area contributed by atoms with Crippen LogP contribution in [0.5, 0.6) is 11.5 Å². The molecule has 0 saturated heterocycles. The molecule has 0 amide bonds. The summed E-state index contributed by atoms with van der Waals surface area (Å²) in [6.07, 6.45) is -0.997. The molecule has 122 valence electrons. The minimum absolute atomic E-state index is 0.0679. The maximum atomic E-state index is 13.2. The Balaban J connectivity index is 1.89. The highest BCUT2D eigenvalue weighted by molar-refractivity contribution is 5.96. The van der Waals surface area contributed by atoms with E-state index in [1.165, 1.54) is 37.3 Å². The minimum atomic E-state index is -0.997. The fourth-order valence-corrected chi connectivity index (χ4v) is 1.86. The van der Waals surface area contributed by atoms with Crippen LogP contribution in [0.3, 0.4) is 0 Å². The number of aliphatic hydroxyl groups excluding tert-OH is 1. The summed E-state index contributed by atoms with van der Waals surface area (Å²) in [6.45, 7) is 1.08. The number of Topliss-reactive ketones (excluding diaryl/α,β-unsaturated/α-hetero) is 1. The second kappa shape index (κ2) is 7.69. The average molecular weight is 322 g/mol. The van der Waals surface area contributed by atoms with Crippen molar-refractivity contribution in [3.05, 3.63) is 59.7 Å². The average Bonchev–Trinajstić information content (AvgIpc) is 2.52.